The number of piperidine rings is 1. The zero-order chi connectivity index (χ0) is 14.7. The smallest absolute Gasteiger partial charge is 0.185 e. The predicted molar refractivity (Wildman–Crippen MR) is 88.8 cm³/mol. The lowest BCUT2D eigenvalue weighted by Crippen LogP contribution is -2.34. The van der Waals surface area contributed by atoms with Gasteiger partial charge in [0.2, 0.25) is 0 Å². The first-order chi connectivity index (χ1) is 9.47. The van der Waals surface area contributed by atoms with Gasteiger partial charge in [-0.2, -0.15) is 0 Å². The molecule has 2 rings (SSSR count). The topological polar surface area (TPSA) is 28.2 Å². The van der Waals surface area contributed by atoms with Crippen molar-refractivity contribution in [3.05, 3.63) is 10.6 Å². The van der Waals surface area contributed by atoms with E-state index in [9.17, 15) is 0 Å². The molecule has 114 valence electrons. The molecule has 1 N–H and O–H groups in total. The van der Waals surface area contributed by atoms with Crippen molar-refractivity contribution < 1.29 is 0 Å². The molecule has 1 atom stereocenters. The van der Waals surface area contributed by atoms with Gasteiger partial charge in [0.25, 0.3) is 0 Å². The van der Waals surface area contributed by atoms with Gasteiger partial charge in [-0.3, -0.25) is 0 Å². The molecule has 0 amide bonds. The van der Waals surface area contributed by atoms with E-state index in [-0.39, 0.29) is 0 Å². The lowest BCUT2D eigenvalue weighted by atomic mass is 10.0. The third-order valence-corrected chi connectivity index (χ3v) is 4.99. The Bertz CT molecular complexity index is 425. The monoisotopic (exact) mass is 295 g/mol. The molecule has 0 radical (unpaired) electrons. The van der Waals surface area contributed by atoms with Crippen LogP contribution in [0, 0.1) is 5.92 Å². The van der Waals surface area contributed by atoms with Gasteiger partial charge in [-0.05, 0) is 24.7 Å². The van der Waals surface area contributed by atoms with Gasteiger partial charge < -0.3 is 10.2 Å². The summed E-state index contributed by atoms with van der Waals surface area (Å²) < 4.78 is 0. The second kappa shape index (κ2) is 6.90. The van der Waals surface area contributed by atoms with Gasteiger partial charge in [-0.15, -0.1) is 11.3 Å². The maximum Gasteiger partial charge on any atom is 0.185 e. The Balaban J connectivity index is 2.15. The number of nitrogens with one attached hydrogen (secondary N) is 1. The third-order valence-electron chi connectivity index (χ3n) is 3.86. The summed E-state index contributed by atoms with van der Waals surface area (Å²) in [5.74, 6) is 1.30. The Hall–Kier alpha value is -0.610. The molecule has 1 saturated heterocycles. The summed E-state index contributed by atoms with van der Waals surface area (Å²) in [7, 11) is 0. The van der Waals surface area contributed by atoms with E-state index >= 15 is 0 Å². The summed E-state index contributed by atoms with van der Waals surface area (Å²) in [6.45, 7) is 14.5. The second-order valence-corrected chi connectivity index (χ2v) is 7.75. The van der Waals surface area contributed by atoms with Crippen molar-refractivity contribution in [1.29, 1.82) is 0 Å². The summed E-state index contributed by atoms with van der Waals surface area (Å²) in [6, 6.07) is 0.524. The fourth-order valence-corrected chi connectivity index (χ4v) is 3.92. The molecule has 0 aromatic carbocycles. The lowest BCUT2D eigenvalue weighted by Gasteiger charge is -2.30. The minimum atomic E-state index is 0.506. The molecule has 1 aromatic rings. The molecule has 0 aliphatic carbocycles. The maximum atomic E-state index is 4.95. The molecular weight excluding hydrogens is 266 g/mol. The van der Waals surface area contributed by atoms with Crippen LogP contribution in [-0.2, 0) is 6.54 Å². The SMILES string of the molecule is CC1CCCN(c2nc(C(C)C)c(CNC(C)C)s2)C1. The zero-order valence-electron chi connectivity index (χ0n) is 13.6. The van der Waals surface area contributed by atoms with Gasteiger partial charge in [-0.1, -0.05) is 34.6 Å². The van der Waals surface area contributed by atoms with Gasteiger partial charge in [-0.25, -0.2) is 4.98 Å². The van der Waals surface area contributed by atoms with Crippen LogP contribution >= 0.6 is 11.3 Å². The summed E-state index contributed by atoms with van der Waals surface area (Å²) in [5.41, 5.74) is 1.29. The first-order valence-corrected chi connectivity index (χ1v) is 8.77. The first kappa shape index (κ1) is 15.8. The Morgan fingerprint density at radius 3 is 2.70 bits per heavy atom. The van der Waals surface area contributed by atoms with Crippen molar-refractivity contribution in [1.82, 2.24) is 10.3 Å². The molecular formula is C16H29N3S. The fraction of sp³-hybridized carbons (Fsp3) is 0.812. The lowest BCUT2D eigenvalue weighted by molar-refractivity contribution is 0.446. The number of thiazole rings is 1. The van der Waals surface area contributed by atoms with Crippen molar-refractivity contribution in [2.45, 2.75) is 66.0 Å². The highest BCUT2D eigenvalue weighted by atomic mass is 32.1. The number of aromatic nitrogens is 1. The molecule has 0 bridgehead atoms. The summed E-state index contributed by atoms with van der Waals surface area (Å²) >= 11 is 1.89. The molecule has 3 nitrogen and oxygen atoms in total. The molecule has 20 heavy (non-hydrogen) atoms. The number of anilines is 1. The highest BCUT2D eigenvalue weighted by Gasteiger charge is 2.22. The fourth-order valence-electron chi connectivity index (χ4n) is 2.72. The van der Waals surface area contributed by atoms with E-state index in [1.54, 1.807) is 0 Å². The molecule has 1 fully saturated rings. The van der Waals surface area contributed by atoms with Crippen molar-refractivity contribution in [2.24, 2.45) is 5.92 Å². The third kappa shape index (κ3) is 3.95. The largest absolute Gasteiger partial charge is 0.348 e. The van der Waals surface area contributed by atoms with Crippen LogP contribution in [0.4, 0.5) is 5.13 Å². The number of rotatable bonds is 5. The van der Waals surface area contributed by atoms with Crippen molar-refractivity contribution in [2.75, 3.05) is 18.0 Å². The normalized spacial score (nSPS) is 20.1. The Labute approximate surface area is 127 Å². The van der Waals surface area contributed by atoms with Gasteiger partial charge in [0, 0.05) is 30.6 Å². The van der Waals surface area contributed by atoms with Crippen LogP contribution in [0.15, 0.2) is 0 Å². The van der Waals surface area contributed by atoms with Gasteiger partial charge in [0.1, 0.15) is 0 Å². The van der Waals surface area contributed by atoms with Gasteiger partial charge in [0.05, 0.1) is 5.69 Å². The van der Waals surface area contributed by atoms with Crippen LogP contribution in [0.3, 0.4) is 0 Å². The standard InChI is InChI=1S/C16H29N3S/c1-11(2)15-14(9-17-12(3)4)20-16(18-15)19-8-6-7-13(5)10-19/h11-13,17H,6-10H2,1-5H3. The molecule has 1 aliphatic rings. The number of hydrogen-bond donors (Lipinski definition) is 1. The predicted octanol–water partition coefficient (Wildman–Crippen LogP) is 4.00. The molecule has 0 saturated carbocycles. The average Bonchev–Trinajstić information content (AvgIpc) is 2.80. The average molecular weight is 295 g/mol. The van der Waals surface area contributed by atoms with E-state index in [2.05, 4.69) is 44.8 Å². The van der Waals surface area contributed by atoms with Gasteiger partial charge >= 0.3 is 0 Å². The molecule has 0 spiro atoms. The van der Waals surface area contributed by atoms with Crippen molar-refractivity contribution in [3.63, 3.8) is 0 Å². The molecule has 1 aromatic heterocycles. The van der Waals surface area contributed by atoms with Crippen molar-refractivity contribution >= 4 is 16.5 Å². The van der Waals surface area contributed by atoms with Crippen LogP contribution in [-0.4, -0.2) is 24.1 Å². The van der Waals surface area contributed by atoms with Crippen LogP contribution in [0.5, 0.6) is 0 Å². The molecule has 1 aliphatic heterocycles. The summed E-state index contributed by atoms with van der Waals surface area (Å²) in [6.07, 6.45) is 2.66. The summed E-state index contributed by atoms with van der Waals surface area (Å²) in [4.78, 5) is 8.86. The van der Waals surface area contributed by atoms with Crippen molar-refractivity contribution in [3.8, 4) is 0 Å². The quantitative estimate of drug-likeness (QED) is 0.890. The molecule has 4 heteroatoms. The minimum Gasteiger partial charge on any atom is -0.348 e. The van der Waals surface area contributed by atoms with Crippen LogP contribution in [0.2, 0.25) is 0 Å². The summed E-state index contributed by atoms with van der Waals surface area (Å²) in [5, 5.41) is 4.77. The first-order valence-electron chi connectivity index (χ1n) is 7.95. The van der Waals surface area contributed by atoms with E-state index in [1.165, 1.54) is 41.6 Å². The maximum absolute atomic E-state index is 4.95. The second-order valence-electron chi connectivity index (χ2n) is 6.69. The van der Waals surface area contributed by atoms with Gasteiger partial charge in [0.15, 0.2) is 5.13 Å². The van der Waals surface area contributed by atoms with Crippen LogP contribution in [0.25, 0.3) is 0 Å². The Morgan fingerprint density at radius 2 is 2.10 bits per heavy atom. The number of hydrogen-bond acceptors (Lipinski definition) is 4. The highest BCUT2D eigenvalue weighted by Crippen LogP contribution is 2.33. The molecule has 1 unspecified atom stereocenters. The molecule has 2 heterocycles. The van der Waals surface area contributed by atoms with E-state index < -0.39 is 0 Å². The van der Waals surface area contributed by atoms with Crippen LogP contribution < -0.4 is 10.2 Å². The number of nitrogens with zero attached hydrogens (tertiary/aromatic N) is 2. The van der Waals surface area contributed by atoms with E-state index in [0.29, 0.717) is 12.0 Å². The van der Waals surface area contributed by atoms with Crippen LogP contribution in [0.1, 0.15) is 63.9 Å². The Morgan fingerprint density at radius 1 is 1.35 bits per heavy atom. The van der Waals surface area contributed by atoms with E-state index in [4.69, 9.17) is 4.98 Å². The van der Waals surface area contributed by atoms with E-state index in [0.717, 1.165) is 12.5 Å². The Kier molecular flexibility index (Phi) is 5.44. The highest BCUT2D eigenvalue weighted by molar-refractivity contribution is 7.15. The zero-order valence-corrected chi connectivity index (χ0v) is 14.4. The minimum absolute atomic E-state index is 0.506. The van der Waals surface area contributed by atoms with E-state index in [1.807, 2.05) is 11.3 Å².